The first kappa shape index (κ1) is 14.2. The number of hydrogen-bond donors (Lipinski definition) is 2. The number of methoxy groups -OCH3 is 2. The number of halogens is 1. The van der Waals surface area contributed by atoms with Crippen molar-refractivity contribution in [1.82, 2.24) is 5.16 Å². The van der Waals surface area contributed by atoms with Crippen LogP contribution in [0, 0.1) is 0 Å². The number of phenolic OH excluding ortho intramolecular Hbond substituents is 1. The van der Waals surface area contributed by atoms with Crippen molar-refractivity contribution < 1.29 is 29.0 Å². The third-order valence-electron chi connectivity index (χ3n) is 2.57. The van der Waals surface area contributed by atoms with Crippen molar-refractivity contribution in [2.24, 2.45) is 0 Å². The molecule has 0 fully saturated rings. The molecular weight excluding hydrogens is 334 g/mol. The number of aromatic nitrogens is 1. The molecule has 0 saturated carbocycles. The van der Waals surface area contributed by atoms with Gasteiger partial charge in [0.05, 0.1) is 19.8 Å². The van der Waals surface area contributed by atoms with Crippen molar-refractivity contribution in [3.05, 3.63) is 22.4 Å². The van der Waals surface area contributed by atoms with E-state index in [4.69, 9.17) is 14.6 Å². The predicted molar refractivity (Wildman–Crippen MR) is 71.4 cm³/mol. The average Bonchev–Trinajstić information content (AvgIpc) is 2.87. The summed E-state index contributed by atoms with van der Waals surface area (Å²) in [4.78, 5) is 10.8. The lowest BCUT2D eigenvalue weighted by atomic mass is 10.1. The monoisotopic (exact) mass is 343 g/mol. The minimum Gasteiger partial charge on any atom is -0.504 e. The van der Waals surface area contributed by atoms with Gasteiger partial charge in [0, 0.05) is 10.5 Å². The average molecular weight is 344 g/mol. The summed E-state index contributed by atoms with van der Waals surface area (Å²) in [7, 11) is 2.81. The summed E-state index contributed by atoms with van der Waals surface area (Å²) in [5, 5.41) is 22.7. The second-order valence-electron chi connectivity index (χ2n) is 3.70. The number of aromatic hydroxyl groups is 1. The van der Waals surface area contributed by atoms with E-state index in [9.17, 15) is 9.90 Å². The topological polar surface area (TPSA) is 102 Å². The zero-order valence-electron chi connectivity index (χ0n) is 10.5. The number of phenols is 1. The number of benzene rings is 1. The first-order chi connectivity index (χ1) is 9.49. The fourth-order valence-electron chi connectivity index (χ4n) is 1.68. The summed E-state index contributed by atoms with van der Waals surface area (Å²) in [6, 6.07) is 2.77. The van der Waals surface area contributed by atoms with E-state index in [1.54, 1.807) is 6.07 Å². The van der Waals surface area contributed by atoms with Gasteiger partial charge in [-0.15, -0.1) is 0 Å². The lowest BCUT2D eigenvalue weighted by molar-refractivity contribution is 0.0652. The molecule has 0 aliphatic rings. The zero-order chi connectivity index (χ0) is 14.9. The minimum absolute atomic E-state index is 0.116. The molecule has 8 heteroatoms. The molecule has 0 amide bonds. The maximum absolute atomic E-state index is 10.8. The van der Waals surface area contributed by atoms with Crippen LogP contribution in [0.4, 0.5) is 0 Å². The Morgan fingerprint density at radius 1 is 1.35 bits per heavy atom. The fourth-order valence-corrected chi connectivity index (χ4v) is 2.28. The Labute approximate surface area is 121 Å². The molecule has 0 atom stereocenters. The van der Waals surface area contributed by atoms with E-state index in [2.05, 4.69) is 25.6 Å². The van der Waals surface area contributed by atoms with Crippen LogP contribution in [0.25, 0.3) is 11.3 Å². The van der Waals surface area contributed by atoms with Crippen LogP contribution in [-0.4, -0.2) is 35.6 Å². The van der Waals surface area contributed by atoms with E-state index >= 15 is 0 Å². The maximum atomic E-state index is 10.8. The van der Waals surface area contributed by atoms with Crippen LogP contribution in [-0.2, 0) is 0 Å². The molecule has 0 aliphatic heterocycles. The van der Waals surface area contributed by atoms with Crippen LogP contribution in [0.1, 0.15) is 10.6 Å². The molecule has 2 rings (SSSR count). The molecule has 0 unspecified atom stereocenters. The van der Waals surface area contributed by atoms with Crippen molar-refractivity contribution in [1.29, 1.82) is 0 Å². The Bertz CT molecular complexity index is 666. The zero-order valence-corrected chi connectivity index (χ0v) is 12.1. The Kier molecular flexibility index (Phi) is 3.84. The van der Waals surface area contributed by atoms with Gasteiger partial charge in [0.2, 0.25) is 11.5 Å². The molecule has 0 bridgehead atoms. The summed E-state index contributed by atoms with van der Waals surface area (Å²) in [6.45, 7) is 0. The highest BCUT2D eigenvalue weighted by atomic mass is 79.9. The third kappa shape index (κ3) is 2.29. The standard InChI is InChI=1S/C12H10BrNO6/c1-18-7-3-5(13)9(10(15)11(7)19-2)6-4-8(12(16)17)20-14-6/h3-4,15H,1-2H3,(H,16,17). The van der Waals surface area contributed by atoms with E-state index in [0.29, 0.717) is 10.2 Å². The lowest BCUT2D eigenvalue weighted by Gasteiger charge is -2.13. The second-order valence-corrected chi connectivity index (χ2v) is 4.55. The molecule has 2 N–H and O–H groups in total. The number of carboxylic acids is 1. The van der Waals surface area contributed by atoms with Crippen LogP contribution >= 0.6 is 15.9 Å². The van der Waals surface area contributed by atoms with E-state index in [0.717, 1.165) is 0 Å². The highest BCUT2D eigenvalue weighted by Crippen LogP contribution is 2.47. The lowest BCUT2D eigenvalue weighted by Crippen LogP contribution is -1.94. The molecule has 0 aliphatic carbocycles. The van der Waals surface area contributed by atoms with Crippen molar-refractivity contribution in [3.63, 3.8) is 0 Å². The van der Waals surface area contributed by atoms with E-state index in [-0.39, 0.29) is 28.5 Å². The van der Waals surface area contributed by atoms with Gasteiger partial charge in [-0.1, -0.05) is 5.16 Å². The number of carboxylic acid groups (broad SMARTS) is 1. The van der Waals surface area contributed by atoms with Gasteiger partial charge in [0.1, 0.15) is 5.69 Å². The molecule has 0 radical (unpaired) electrons. The largest absolute Gasteiger partial charge is 0.504 e. The van der Waals surface area contributed by atoms with Crippen molar-refractivity contribution in [3.8, 4) is 28.5 Å². The highest BCUT2D eigenvalue weighted by molar-refractivity contribution is 9.10. The normalized spacial score (nSPS) is 10.3. The second kappa shape index (κ2) is 5.41. The Balaban J connectivity index is 2.64. The Morgan fingerprint density at radius 2 is 2.05 bits per heavy atom. The van der Waals surface area contributed by atoms with E-state index in [1.807, 2.05) is 0 Å². The van der Waals surface area contributed by atoms with E-state index in [1.165, 1.54) is 20.3 Å². The molecule has 1 aromatic carbocycles. The van der Waals surface area contributed by atoms with Crippen LogP contribution in [0.5, 0.6) is 17.2 Å². The van der Waals surface area contributed by atoms with E-state index < -0.39 is 5.97 Å². The number of hydrogen-bond acceptors (Lipinski definition) is 6. The van der Waals surface area contributed by atoms with Gasteiger partial charge in [-0.05, 0) is 22.0 Å². The molecule has 1 aromatic heterocycles. The summed E-state index contributed by atoms with van der Waals surface area (Å²) in [6.07, 6.45) is 0. The van der Waals surface area contributed by atoms with Gasteiger partial charge in [-0.2, -0.15) is 0 Å². The molecule has 106 valence electrons. The molecule has 20 heavy (non-hydrogen) atoms. The quantitative estimate of drug-likeness (QED) is 0.879. The third-order valence-corrected chi connectivity index (χ3v) is 3.20. The number of aromatic carboxylic acids is 1. The van der Waals surface area contributed by atoms with Crippen molar-refractivity contribution >= 4 is 21.9 Å². The summed E-state index contributed by atoms with van der Waals surface area (Å²) >= 11 is 3.26. The van der Waals surface area contributed by atoms with Crippen LogP contribution < -0.4 is 9.47 Å². The number of carbonyl (C=O) groups is 1. The van der Waals surface area contributed by atoms with Crippen LogP contribution in [0.3, 0.4) is 0 Å². The minimum atomic E-state index is -1.25. The van der Waals surface area contributed by atoms with Crippen LogP contribution in [0.2, 0.25) is 0 Å². The Morgan fingerprint density at radius 3 is 2.55 bits per heavy atom. The summed E-state index contributed by atoms with van der Waals surface area (Å²) in [5.41, 5.74) is 0.409. The maximum Gasteiger partial charge on any atom is 0.374 e. The summed E-state index contributed by atoms with van der Waals surface area (Å²) < 4.78 is 15.3. The Hall–Kier alpha value is -2.22. The first-order valence-corrected chi connectivity index (χ1v) is 6.12. The van der Waals surface area contributed by atoms with Crippen molar-refractivity contribution in [2.75, 3.05) is 14.2 Å². The molecule has 1 heterocycles. The van der Waals surface area contributed by atoms with Crippen molar-refractivity contribution in [2.45, 2.75) is 0 Å². The van der Waals surface area contributed by atoms with Gasteiger partial charge in [0.15, 0.2) is 11.5 Å². The molecule has 0 saturated heterocycles. The van der Waals surface area contributed by atoms with Gasteiger partial charge in [-0.3, -0.25) is 0 Å². The first-order valence-electron chi connectivity index (χ1n) is 5.33. The number of ether oxygens (including phenoxy) is 2. The number of rotatable bonds is 4. The van der Waals surface area contributed by atoms with Gasteiger partial charge >= 0.3 is 5.97 Å². The number of nitrogens with zero attached hydrogens (tertiary/aromatic N) is 1. The SMILES string of the molecule is COc1cc(Br)c(-c2cc(C(=O)O)on2)c(O)c1OC. The fraction of sp³-hybridized carbons (Fsp3) is 0.167. The smallest absolute Gasteiger partial charge is 0.374 e. The van der Waals surface area contributed by atoms with Gasteiger partial charge in [0.25, 0.3) is 0 Å². The molecule has 7 nitrogen and oxygen atoms in total. The molecular formula is C12H10BrNO6. The van der Waals surface area contributed by atoms with Crippen LogP contribution in [0.15, 0.2) is 21.1 Å². The van der Waals surface area contributed by atoms with Gasteiger partial charge < -0.3 is 24.2 Å². The van der Waals surface area contributed by atoms with Gasteiger partial charge in [-0.25, -0.2) is 4.79 Å². The molecule has 2 aromatic rings. The molecule has 0 spiro atoms. The summed E-state index contributed by atoms with van der Waals surface area (Å²) in [5.74, 6) is -1.38. The highest BCUT2D eigenvalue weighted by Gasteiger charge is 2.23. The predicted octanol–water partition coefficient (Wildman–Crippen LogP) is 2.53.